The molecule has 166 valence electrons. The molecule has 0 N–H and O–H groups in total. The summed E-state index contributed by atoms with van der Waals surface area (Å²) in [4.78, 5) is 35.5. The molecule has 1 fully saturated rings. The first-order chi connectivity index (χ1) is 15.6. The molecule has 32 heavy (non-hydrogen) atoms. The smallest absolute Gasteiger partial charge is 0.227 e. The third kappa shape index (κ3) is 5.43. The number of aromatic nitrogens is 1. The number of hydrogen-bond acceptors (Lipinski definition) is 4. The summed E-state index contributed by atoms with van der Waals surface area (Å²) in [6, 6.07) is 16.4. The summed E-state index contributed by atoms with van der Waals surface area (Å²) in [5.74, 6) is -0.0115. The Balaban J connectivity index is 1.49. The van der Waals surface area contributed by atoms with Crippen molar-refractivity contribution < 1.29 is 9.59 Å². The van der Waals surface area contributed by atoms with Gasteiger partial charge in [0.25, 0.3) is 0 Å². The molecule has 0 radical (unpaired) electrons. The van der Waals surface area contributed by atoms with E-state index in [2.05, 4.69) is 53.7 Å². The number of carbonyl (C=O) groups excluding carboxylic acids is 2. The molecule has 4 rings (SSSR count). The van der Waals surface area contributed by atoms with Crippen LogP contribution in [-0.4, -0.2) is 52.8 Å². The lowest BCUT2D eigenvalue weighted by atomic mass is 9.96. The Hall–Kier alpha value is -2.99. The van der Waals surface area contributed by atoms with Crippen molar-refractivity contribution in [1.82, 2.24) is 14.8 Å². The van der Waals surface area contributed by atoms with Gasteiger partial charge in [-0.1, -0.05) is 43.3 Å². The highest BCUT2D eigenvalue weighted by molar-refractivity contribution is 7.13. The van der Waals surface area contributed by atoms with Crippen LogP contribution in [0.3, 0.4) is 0 Å². The lowest BCUT2D eigenvalue weighted by molar-refractivity contribution is -0.135. The molecule has 2 amide bonds. The van der Waals surface area contributed by atoms with Gasteiger partial charge < -0.3 is 9.80 Å². The average Bonchev–Trinajstić information content (AvgIpc) is 3.31. The molecule has 6 heteroatoms. The van der Waals surface area contributed by atoms with E-state index in [9.17, 15) is 9.59 Å². The molecule has 0 aliphatic carbocycles. The number of rotatable bonds is 7. The van der Waals surface area contributed by atoms with E-state index in [-0.39, 0.29) is 17.7 Å². The molecular weight excluding hydrogens is 418 g/mol. The summed E-state index contributed by atoms with van der Waals surface area (Å²) >= 11 is 1.72. The standard InChI is InChI=1S/C26H29N3O2S/c1-2-12-28-13-14-29(25(30)17-21-5-3-11-27-18-21)19-23(26(28)31)16-20-7-9-22(10-8-20)24-6-4-15-32-24/h3-11,15,18,23H,2,12-14,16-17,19H2,1H3/t23-/m1/s1. The molecular formula is C26H29N3O2S. The highest BCUT2D eigenvalue weighted by Crippen LogP contribution is 2.26. The lowest BCUT2D eigenvalue weighted by Gasteiger charge is -2.24. The molecule has 1 aliphatic heterocycles. The number of amides is 2. The second-order valence-electron chi connectivity index (χ2n) is 8.28. The van der Waals surface area contributed by atoms with E-state index in [1.165, 1.54) is 10.4 Å². The van der Waals surface area contributed by atoms with Crippen LogP contribution in [0.5, 0.6) is 0 Å². The van der Waals surface area contributed by atoms with Crippen molar-refractivity contribution in [3.05, 3.63) is 77.4 Å². The van der Waals surface area contributed by atoms with Crippen LogP contribution >= 0.6 is 11.3 Å². The number of thiophene rings is 1. The maximum Gasteiger partial charge on any atom is 0.227 e. The fourth-order valence-electron chi connectivity index (χ4n) is 4.24. The third-order valence-corrected chi connectivity index (χ3v) is 6.83. The van der Waals surface area contributed by atoms with Gasteiger partial charge in [0, 0.05) is 43.4 Å². The van der Waals surface area contributed by atoms with Crippen molar-refractivity contribution in [3.63, 3.8) is 0 Å². The van der Waals surface area contributed by atoms with Crippen molar-refractivity contribution in [2.75, 3.05) is 26.2 Å². The Bertz CT molecular complexity index is 1020. The first-order valence-corrected chi connectivity index (χ1v) is 12.1. The largest absolute Gasteiger partial charge is 0.341 e. The van der Waals surface area contributed by atoms with Gasteiger partial charge in [0.05, 0.1) is 12.3 Å². The lowest BCUT2D eigenvalue weighted by Crippen LogP contribution is -2.38. The summed E-state index contributed by atoms with van der Waals surface area (Å²) in [7, 11) is 0. The Morgan fingerprint density at radius 2 is 1.94 bits per heavy atom. The van der Waals surface area contributed by atoms with Gasteiger partial charge in [-0.15, -0.1) is 11.3 Å². The van der Waals surface area contributed by atoms with Crippen molar-refractivity contribution >= 4 is 23.2 Å². The highest BCUT2D eigenvalue weighted by atomic mass is 32.1. The second kappa shape index (κ2) is 10.6. The quantitative estimate of drug-likeness (QED) is 0.543. The predicted octanol–water partition coefficient (Wildman–Crippen LogP) is 4.29. The molecule has 1 aliphatic rings. The van der Waals surface area contributed by atoms with Crippen LogP contribution < -0.4 is 0 Å². The van der Waals surface area contributed by atoms with Crippen LogP contribution in [0.15, 0.2) is 66.3 Å². The first-order valence-electron chi connectivity index (χ1n) is 11.2. The summed E-state index contributed by atoms with van der Waals surface area (Å²) in [5.41, 5.74) is 3.22. The zero-order valence-electron chi connectivity index (χ0n) is 18.4. The summed E-state index contributed by atoms with van der Waals surface area (Å²) < 4.78 is 0. The first kappa shape index (κ1) is 22.2. The fourth-order valence-corrected chi connectivity index (χ4v) is 4.97. The van der Waals surface area contributed by atoms with Crippen LogP contribution in [0.25, 0.3) is 10.4 Å². The molecule has 0 saturated carbocycles. The molecule has 3 aromatic rings. The van der Waals surface area contributed by atoms with Crippen LogP contribution in [0.2, 0.25) is 0 Å². The minimum atomic E-state index is -0.227. The fraction of sp³-hybridized carbons (Fsp3) is 0.346. The van der Waals surface area contributed by atoms with Crippen LogP contribution in [0.4, 0.5) is 0 Å². The molecule has 1 atom stereocenters. The molecule has 1 saturated heterocycles. The predicted molar refractivity (Wildman–Crippen MR) is 128 cm³/mol. The molecule has 0 unspecified atom stereocenters. The van der Waals surface area contributed by atoms with Crippen LogP contribution in [0.1, 0.15) is 24.5 Å². The molecule has 0 bridgehead atoms. The second-order valence-corrected chi connectivity index (χ2v) is 9.23. The summed E-state index contributed by atoms with van der Waals surface area (Å²) in [6.45, 7) is 4.46. The van der Waals surface area contributed by atoms with Gasteiger partial charge in [-0.25, -0.2) is 0 Å². The topological polar surface area (TPSA) is 53.5 Å². The molecule has 2 aromatic heterocycles. The Kier molecular flexibility index (Phi) is 7.32. The zero-order chi connectivity index (χ0) is 22.3. The van der Waals surface area contributed by atoms with E-state index < -0.39 is 0 Å². The Labute approximate surface area is 193 Å². The Morgan fingerprint density at radius 3 is 2.62 bits per heavy atom. The van der Waals surface area contributed by atoms with Gasteiger partial charge in [-0.3, -0.25) is 14.6 Å². The minimum absolute atomic E-state index is 0.0576. The summed E-state index contributed by atoms with van der Waals surface area (Å²) in [6.07, 6.45) is 5.31. The van der Waals surface area contributed by atoms with Crippen molar-refractivity contribution in [1.29, 1.82) is 0 Å². The normalized spacial score (nSPS) is 16.8. The van der Waals surface area contributed by atoms with Crippen molar-refractivity contribution in [2.24, 2.45) is 5.92 Å². The van der Waals surface area contributed by atoms with Crippen LogP contribution in [-0.2, 0) is 22.4 Å². The van der Waals surface area contributed by atoms with Crippen molar-refractivity contribution in [2.45, 2.75) is 26.2 Å². The van der Waals surface area contributed by atoms with Gasteiger partial charge in [-0.05, 0) is 47.0 Å². The number of benzene rings is 1. The van der Waals surface area contributed by atoms with E-state index in [1.54, 1.807) is 23.7 Å². The van der Waals surface area contributed by atoms with Gasteiger partial charge in [-0.2, -0.15) is 0 Å². The number of hydrogen-bond donors (Lipinski definition) is 0. The van der Waals surface area contributed by atoms with Gasteiger partial charge in [0.2, 0.25) is 11.8 Å². The minimum Gasteiger partial charge on any atom is -0.341 e. The maximum atomic E-state index is 13.3. The van der Waals surface area contributed by atoms with E-state index in [0.717, 1.165) is 24.1 Å². The van der Waals surface area contributed by atoms with E-state index >= 15 is 0 Å². The van der Waals surface area contributed by atoms with Crippen LogP contribution in [0, 0.1) is 5.92 Å². The Morgan fingerprint density at radius 1 is 1.09 bits per heavy atom. The average molecular weight is 448 g/mol. The van der Waals surface area contributed by atoms with Gasteiger partial charge in [0.15, 0.2) is 0 Å². The number of carbonyl (C=O) groups is 2. The molecule has 1 aromatic carbocycles. The molecule has 5 nitrogen and oxygen atoms in total. The zero-order valence-corrected chi connectivity index (χ0v) is 19.3. The van der Waals surface area contributed by atoms with E-state index in [0.29, 0.717) is 32.5 Å². The number of pyridine rings is 1. The molecule has 0 spiro atoms. The third-order valence-electron chi connectivity index (χ3n) is 5.91. The molecule has 3 heterocycles. The van der Waals surface area contributed by atoms with E-state index in [4.69, 9.17) is 0 Å². The maximum absolute atomic E-state index is 13.3. The van der Waals surface area contributed by atoms with E-state index in [1.807, 2.05) is 21.9 Å². The summed E-state index contributed by atoms with van der Waals surface area (Å²) in [5, 5.41) is 2.08. The van der Waals surface area contributed by atoms with Gasteiger partial charge in [0.1, 0.15) is 0 Å². The van der Waals surface area contributed by atoms with Crippen molar-refractivity contribution in [3.8, 4) is 10.4 Å². The highest BCUT2D eigenvalue weighted by Gasteiger charge is 2.32. The number of nitrogens with zero attached hydrogens (tertiary/aromatic N) is 3. The SMILES string of the molecule is CCCN1CCN(C(=O)Cc2cccnc2)C[C@@H](Cc2ccc(-c3cccs3)cc2)C1=O. The van der Waals surface area contributed by atoms with Gasteiger partial charge >= 0.3 is 0 Å². The monoisotopic (exact) mass is 447 g/mol.